The van der Waals surface area contributed by atoms with E-state index >= 15 is 0 Å². The number of amides is 1. The first-order valence-electron chi connectivity index (χ1n) is 10.1. The van der Waals surface area contributed by atoms with Gasteiger partial charge in [-0.25, -0.2) is 0 Å². The number of carbonyl (C=O) groups excluding carboxylic acids is 1. The molecule has 0 aliphatic rings. The van der Waals surface area contributed by atoms with Crippen LogP contribution in [-0.2, 0) is 17.9 Å². The zero-order valence-electron chi connectivity index (χ0n) is 18.0. The number of anilines is 1. The lowest BCUT2D eigenvalue weighted by Crippen LogP contribution is -2.15. The third-order valence-electron chi connectivity index (χ3n) is 4.39. The predicted octanol–water partition coefficient (Wildman–Crippen LogP) is 5.13. The van der Waals surface area contributed by atoms with Gasteiger partial charge >= 0.3 is 0 Å². The fourth-order valence-corrected chi connectivity index (χ4v) is 3.92. The number of rotatable bonds is 11. The summed E-state index contributed by atoms with van der Waals surface area (Å²) in [5, 5.41) is 12.6. The van der Waals surface area contributed by atoms with E-state index in [1.54, 1.807) is 12.1 Å². The van der Waals surface area contributed by atoms with Crippen molar-refractivity contribution in [3.63, 3.8) is 0 Å². The minimum atomic E-state index is -0.162. The van der Waals surface area contributed by atoms with Crippen LogP contribution in [0.5, 0.6) is 11.5 Å². The maximum atomic E-state index is 12.5. The van der Waals surface area contributed by atoms with Crippen LogP contribution in [0.25, 0.3) is 0 Å². The molecule has 2 aromatic carbocycles. The quantitative estimate of drug-likeness (QED) is 0.307. The number of nitrogens with one attached hydrogen (secondary N) is 1. The van der Waals surface area contributed by atoms with Gasteiger partial charge in [-0.15, -0.1) is 16.8 Å². The lowest BCUT2D eigenvalue weighted by Gasteiger charge is -2.12. The molecule has 0 saturated carbocycles. The Morgan fingerprint density at radius 3 is 2.78 bits per heavy atom. The summed E-state index contributed by atoms with van der Waals surface area (Å²) in [5.41, 5.74) is 1.57. The van der Waals surface area contributed by atoms with Crippen molar-refractivity contribution < 1.29 is 14.3 Å². The standard InChI is InChI=1S/C23H25ClN4O3S/c1-4-12-28-21(14-31-19-11-10-17(24)13-16(19)3)26-27-23(28)32-15-22(29)25-18-8-6-7-9-20(18)30-5-2/h4,6-11,13H,1,5,12,14-15H2,2-3H3,(H,25,29). The molecule has 0 bridgehead atoms. The van der Waals surface area contributed by atoms with Crippen LogP contribution in [-0.4, -0.2) is 33.0 Å². The molecular formula is C23H25ClN4O3S. The van der Waals surface area contributed by atoms with Crippen LogP contribution < -0.4 is 14.8 Å². The van der Waals surface area contributed by atoms with Crippen molar-refractivity contribution in [2.45, 2.75) is 32.2 Å². The number of thioether (sulfide) groups is 1. The van der Waals surface area contributed by atoms with Crippen LogP contribution in [0.15, 0.2) is 60.3 Å². The number of hydrogen-bond acceptors (Lipinski definition) is 6. The van der Waals surface area contributed by atoms with Gasteiger partial charge in [0.15, 0.2) is 11.0 Å². The highest BCUT2D eigenvalue weighted by molar-refractivity contribution is 7.99. The van der Waals surface area contributed by atoms with Gasteiger partial charge in [0.2, 0.25) is 5.91 Å². The lowest BCUT2D eigenvalue weighted by atomic mass is 10.2. The van der Waals surface area contributed by atoms with Crippen molar-refractivity contribution in [3.8, 4) is 11.5 Å². The van der Waals surface area contributed by atoms with E-state index in [1.165, 1.54) is 11.8 Å². The normalized spacial score (nSPS) is 10.6. The first-order chi connectivity index (χ1) is 15.5. The zero-order chi connectivity index (χ0) is 22.9. The number of hydrogen-bond donors (Lipinski definition) is 1. The number of halogens is 1. The molecule has 0 unspecified atom stereocenters. The molecular weight excluding hydrogens is 448 g/mol. The third kappa shape index (κ3) is 6.27. The van der Waals surface area contributed by atoms with Gasteiger partial charge in [-0.1, -0.05) is 41.6 Å². The maximum absolute atomic E-state index is 12.5. The Kier molecular flexibility index (Phi) is 8.58. The third-order valence-corrected chi connectivity index (χ3v) is 5.59. The number of carbonyl (C=O) groups is 1. The molecule has 32 heavy (non-hydrogen) atoms. The van der Waals surface area contributed by atoms with Crippen LogP contribution in [0, 0.1) is 6.92 Å². The Morgan fingerprint density at radius 2 is 2.03 bits per heavy atom. The second-order valence-electron chi connectivity index (χ2n) is 6.76. The highest BCUT2D eigenvalue weighted by Crippen LogP contribution is 2.26. The van der Waals surface area contributed by atoms with Gasteiger partial charge in [0.1, 0.15) is 18.1 Å². The number of allylic oxidation sites excluding steroid dienone is 1. The molecule has 168 valence electrons. The largest absolute Gasteiger partial charge is 0.492 e. The van der Waals surface area contributed by atoms with E-state index < -0.39 is 0 Å². The maximum Gasteiger partial charge on any atom is 0.234 e. The molecule has 0 saturated heterocycles. The van der Waals surface area contributed by atoms with E-state index in [4.69, 9.17) is 21.1 Å². The van der Waals surface area contributed by atoms with Gasteiger partial charge in [-0.2, -0.15) is 0 Å². The SMILES string of the molecule is C=CCn1c(COc2ccc(Cl)cc2C)nnc1SCC(=O)Nc1ccccc1OCC. The Morgan fingerprint density at radius 1 is 1.22 bits per heavy atom. The van der Waals surface area contributed by atoms with E-state index in [0.717, 1.165) is 11.3 Å². The highest BCUT2D eigenvalue weighted by Gasteiger charge is 2.15. The van der Waals surface area contributed by atoms with Crippen LogP contribution in [0.2, 0.25) is 5.02 Å². The van der Waals surface area contributed by atoms with Crippen molar-refractivity contribution in [3.05, 3.63) is 71.5 Å². The molecule has 0 radical (unpaired) electrons. The van der Waals surface area contributed by atoms with E-state index in [0.29, 0.717) is 40.6 Å². The summed E-state index contributed by atoms with van der Waals surface area (Å²) in [6, 6.07) is 12.8. The molecule has 1 amide bonds. The fraction of sp³-hybridized carbons (Fsp3) is 0.261. The first kappa shape index (κ1) is 23.7. The number of benzene rings is 2. The smallest absolute Gasteiger partial charge is 0.234 e. The van der Waals surface area contributed by atoms with Gasteiger partial charge in [-0.05, 0) is 49.7 Å². The van der Waals surface area contributed by atoms with Gasteiger partial charge in [0.25, 0.3) is 0 Å². The molecule has 0 spiro atoms. The Labute approximate surface area is 196 Å². The summed E-state index contributed by atoms with van der Waals surface area (Å²) < 4.78 is 13.3. The topological polar surface area (TPSA) is 78.3 Å². The van der Waals surface area contributed by atoms with Crippen LogP contribution >= 0.6 is 23.4 Å². The monoisotopic (exact) mass is 472 g/mol. The molecule has 7 nitrogen and oxygen atoms in total. The van der Waals surface area contributed by atoms with Gasteiger partial charge in [0, 0.05) is 11.6 Å². The van der Waals surface area contributed by atoms with Crippen molar-refractivity contribution in [1.82, 2.24) is 14.8 Å². The molecule has 9 heteroatoms. The van der Waals surface area contributed by atoms with Crippen LogP contribution in [0.4, 0.5) is 5.69 Å². The predicted molar refractivity (Wildman–Crippen MR) is 128 cm³/mol. The Balaban J connectivity index is 1.63. The summed E-state index contributed by atoms with van der Waals surface area (Å²) in [6.45, 7) is 8.89. The molecule has 3 aromatic rings. The summed E-state index contributed by atoms with van der Waals surface area (Å²) >= 11 is 7.30. The van der Waals surface area contributed by atoms with Gasteiger partial charge < -0.3 is 14.8 Å². The Hall–Kier alpha value is -2.97. The summed E-state index contributed by atoms with van der Waals surface area (Å²) in [5.74, 6) is 2.02. The first-order valence-corrected chi connectivity index (χ1v) is 11.4. The lowest BCUT2D eigenvalue weighted by molar-refractivity contribution is -0.113. The molecule has 1 aromatic heterocycles. The number of aryl methyl sites for hydroxylation is 1. The second-order valence-corrected chi connectivity index (χ2v) is 8.14. The molecule has 0 aliphatic heterocycles. The van der Waals surface area contributed by atoms with E-state index in [2.05, 4.69) is 22.1 Å². The van der Waals surface area contributed by atoms with Crippen molar-refractivity contribution in [2.24, 2.45) is 0 Å². The summed E-state index contributed by atoms with van der Waals surface area (Å²) in [4.78, 5) is 12.5. The molecule has 0 atom stereocenters. The average Bonchev–Trinajstić information content (AvgIpc) is 3.15. The number of nitrogens with zero attached hydrogens (tertiary/aromatic N) is 3. The van der Waals surface area contributed by atoms with E-state index in [-0.39, 0.29) is 18.3 Å². The molecule has 0 aliphatic carbocycles. The van der Waals surface area contributed by atoms with Gasteiger partial charge in [-0.3, -0.25) is 9.36 Å². The minimum absolute atomic E-state index is 0.162. The number of aromatic nitrogens is 3. The van der Waals surface area contributed by atoms with Gasteiger partial charge in [0.05, 0.1) is 18.0 Å². The second kappa shape index (κ2) is 11.6. The zero-order valence-corrected chi connectivity index (χ0v) is 19.6. The van der Waals surface area contributed by atoms with Crippen molar-refractivity contribution in [2.75, 3.05) is 17.7 Å². The van der Waals surface area contributed by atoms with Crippen LogP contribution in [0.3, 0.4) is 0 Å². The average molecular weight is 473 g/mol. The van der Waals surface area contributed by atoms with E-state index in [9.17, 15) is 4.79 Å². The fourth-order valence-electron chi connectivity index (χ4n) is 2.93. The van der Waals surface area contributed by atoms with E-state index in [1.807, 2.05) is 54.8 Å². The van der Waals surface area contributed by atoms with Crippen molar-refractivity contribution >= 4 is 35.0 Å². The minimum Gasteiger partial charge on any atom is -0.492 e. The number of para-hydroxylation sites is 2. The van der Waals surface area contributed by atoms with Crippen molar-refractivity contribution in [1.29, 1.82) is 0 Å². The molecule has 1 N–H and O–H groups in total. The molecule has 3 rings (SSSR count). The Bertz CT molecular complexity index is 1090. The summed E-state index contributed by atoms with van der Waals surface area (Å²) in [6.07, 6.45) is 1.75. The molecule has 1 heterocycles. The number of ether oxygens (including phenoxy) is 2. The molecule has 0 fully saturated rings. The van der Waals surface area contributed by atoms with Crippen LogP contribution in [0.1, 0.15) is 18.3 Å². The summed E-state index contributed by atoms with van der Waals surface area (Å²) in [7, 11) is 0. The highest BCUT2D eigenvalue weighted by atomic mass is 35.5.